The van der Waals surface area contributed by atoms with Crippen molar-refractivity contribution in [2.75, 3.05) is 13.3 Å². The number of carbonyl (C=O) groups excluding carboxylic acids is 2. The first-order valence-corrected chi connectivity index (χ1v) is 8.47. The van der Waals surface area contributed by atoms with Crippen LogP contribution in [0.4, 0.5) is 0 Å². The molecule has 1 aliphatic rings. The van der Waals surface area contributed by atoms with E-state index in [-0.39, 0.29) is 32.3 Å². The first-order chi connectivity index (χ1) is 12.6. The highest BCUT2D eigenvalue weighted by atomic mass is 35.5. The van der Waals surface area contributed by atoms with Gasteiger partial charge in [-0.2, -0.15) is 0 Å². The Morgan fingerprint density at radius 3 is 2.81 bits per heavy atom. The molecule has 0 fully saturated rings. The van der Waals surface area contributed by atoms with E-state index in [2.05, 4.69) is 5.32 Å². The lowest BCUT2D eigenvalue weighted by molar-refractivity contribution is -0.145. The number of benzene rings is 2. The fourth-order valence-corrected chi connectivity index (χ4v) is 2.85. The van der Waals surface area contributed by atoms with Crippen molar-refractivity contribution in [3.8, 4) is 5.75 Å². The van der Waals surface area contributed by atoms with Crippen LogP contribution in [0.5, 0.6) is 5.75 Å². The largest absolute Gasteiger partial charge is 0.467 e. The number of carbonyl (C=O) groups is 2. The zero-order chi connectivity index (χ0) is 18.4. The summed E-state index contributed by atoms with van der Waals surface area (Å²) in [5.74, 6) is -0.150. The van der Waals surface area contributed by atoms with Crippen LogP contribution in [0.3, 0.4) is 0 Å². The Balaban J connectivity index is 1.49. The lowest BCUT2D eigenvalue weighted by atomic mass is 10.1. The van der Waals surface area contributed by atoms with Crippen molar-refractivity contribution in [2.45, 2.75) is 19.6 Å². The number of hydrogen-bond donors (Lipinski definition) is 1. The molecule has 1 aliphatic heterocycles. The molecule has 0 atom stereocenters. The average Bonchev–Trinajstić information content (AvgIpc) is 2.65. The first-order valence-electron chi connectivity index (χ1n) is 8.10. The molecular formula is C19H18ClNO5. The minimum Gasteiger partial charge on any atom is -0.467 e. The second-order valence-corrected chi connectivity index (χ2v) is 6.20. The van der Waals surface area contributed by atoms with Gasteiger partial charge in [0, 0.05) is 16.1 Å². The number of fused-ring (bicyclic) bond motifs is 1. The van der Waals surface area contributed by atoms with E-state index < -0.39 is 5.97 Å². The van der Waals surface area contributed by atoms with E-state index in [1.807, 2.05) is 30.3 Å². The Bertz CT molecular complexity index is 794. The highest BCUT2D eigenvalue weighted by molar-refractivity contribution is 6.30. The van der Waals surface area contributed by atoms with Crippen LogP contribution in [-0.4, -0.2) is 25.2 Å². The molecule has 0 aromatic heterocycles. The standard InChI is InChI=1S/C19H18ClNO5/c20-16-7-14-10-24-12-26-19(14)15(8-16)11-25-18(23)9-21-17(22)6-13-4-2-1-3-5-13/h1-5,7-8H,6,9-12H2,(H,21,22). The highest BCUT2D eigenvalue weighted by Gasteiger charge is 2.17. The van der Waals surface area contributed by atoms with E-state index in [4.69, 9.17) is 25.8 Å². The van der Waals surface area contributed by atoms with Crippen LogP contribution in [0.15, 0.2) is 42.5 Å². The Morgan fingerprint density at radius 2 is 2.00 bits per heavy atom. The second kappa shape index (κ2) is 8.69. The monoisotopic (exact) mass is 375 g/mol. The number of rotatable bonds is 6. The SMILES string of the molecule is O=C(Cc1ccccc1)NCC(=O)OCc1cc(Cl)cc2c1OCOC2. The Morgan fingerprint density at radius 1 is 1.19 bits per heavy atom. The molecule has 6 nitrogen and oxygen atoms in total. The predicted octanol–water partition coefficient (Wildman–Crippen LogP) is 2.61. The molecule has 2 aromatic carbocycles. The van der Waals surface area contributed by atoms with E-state index in [0.29, 0.717) is 22.9 Å². The van der Waals surface area contributed by atoms with E-state index in [1.165, 1.54) is 0 Å². The van der Waals surface area contributed by atoms with Crippen molar-refractivity contribution in [1.29, 1.82) is 0 Å². The maximum atomic E-state index is 11.9. The molecule has 1 heterocycles. The number of halogens is 1. The summed E-state index contributed by atoms with van der Waals surface area (Å²) in [4.78, 5) is 23.7. The van der Waals surface area contributed by atoms with Crippen LogP contribution in [-0.2, 0) is 38.7 Å². The van der Waals surface area contributed by atoms with Crippen LogP contribution in [0.1, 0.15) is 16.7 Å². The van der Waals surface area contributed by atoms with Gasteiger partial charge in [-0.25, -0.2) is 0 Å². The van der Waals surface area contributed by atoms with Gasteiger partial charge in [0.25, 0.3) is 0 Å². The quantitative estimate of drug-likeness (QED) is 0.786. The maximum Gasteiger partial charge on any atom is 0.325 e. The number of amides is 1. The minimum atomic E-state index is -0.535. The summed E-state index contributed by atoms with van der Waals surface area (Å²) in [7, 11) is 0. The van der Waals surface area contributed by atoms with Crippen molar-refractivity contribution in [1.82, 2.24) is 5.32 Å². The molecule has 26 heavy (non-hydrogen) atoms. The molecule has 0 saturated heterocycles. The van der Waals surface area contributed by atoms with E-state index >= 15 is 0 Å². The van der Waals surface area contributed by atoms with Gasteiger partial charge in [0.15, 0.2) is 6.79 Å². The Kier molecular flexibility index (Phi) is 6.09. The summed E-state index contributed by atoms with van der Waals surface area (Å²) in [5, 5.41) is 3.06. The lowest BCUT2D eigenvalue weighted by Gasteiger charge is -2.21. The average molecular weight is 376 g/mol. The van der Waals surface area contributed by atoms with Crippen molar-refractivity contribution in [2.24, 2.45) is 0 Å². The van der Waals surface area contributed by atoms with Gasteiger partial charge in [0.2, 0.25) is 5.91 Å². The van der Waals surface area contributed by atoms with Gasteiger partial charge < -0.3 is 19.5 Å². The van der Waals surface area contributed by atoms with Gasteiger partial charge in [-0.15, -0.1) is 0 Å². The molecular weight excluding hydrogens is 358 g/mol. The lowest BCUT2D eigenvalue weighted by Crippen LogP contribution is -2.31. The van der Waals surface area contributed by atoms with Crippen LogP contribution in [0, 0.1) is 0 Å². The van der Waals surface area contributed by atoms with E-state index in [0.717, 1.165) is 11.1 Å². The summed E-state index contributed by atoms with van der Waals surface area (Å²) in [5.41, 5.74) is 2.36. The third kappa shape index (κ3) is 4.97. The number of ether oxygens (including phenoxy) is 3. The number of hydrogen-bond acceptors (Lipinski definition) is 5. The summed E-state index contributed by atoms with van der Waals surface area (Å²) in [6.45, 7) is 0.353. The summed E-state index contributed by atoms with van der Waals surface area (Å²) in [6.07, 6.45) is 0.212. The Hall–Kier alpha value is -2.57. The van der Waals surface area contributed by atoms with Gasteiger partial charge in [-0.3, -0.25) is 9.59 Å². The van der Waals surface area contributed by atoms with Crippen LogP contribution in [0.25, 0.3) is 0 Å². The van der Waals surface area contributed by atoms with Crippen molar-refractivity contribution in [3.05, 3.63) is 64.2 Å². The number of esters is 1. The third-order valence-electron chi connectivity index (χ3n) is 3.78. The fraction of sp³-hybridized carbons (Fsp3) is 0.263. The van der Waals surface area contributed by atoms with Gasteiger partial charge in [-0.1, -0.05) is 41.9 Å². The topological polar surface area (TPSA) is 73.9 Å². The molecule has 0 saturated carbocycles. The zero-order valence-corrected chi connectivity index (χ0v) is 14.8. The molecule has 0 spiro atoms. The summed E-state index contributed by atoms with van der Waals surface area (Å²) in [6, 6.07) is 12.7. The molecule has 1 amide bonds. The molecule has 1 N–H and O–H groups in total. The molecule has 0 unspecified atom stereocenters. The van der Waals surface area contributed by atoms with Crippen LogP contribution < -0.4 is 10.1 Å². The van der Waals surface area contributed by atoms with E-state index in [1.54, 1.807) is 12.1 Å². The fourth-order valence-electron chi connectivity index (χ4n) is 2.59. The molecule has 0 radical (unpaired) electrons. The van der Waals surface area contributed by atoms with Gasteiger partial charge >= 0.3 is 5.97 Å². The minimum absolute atomic E-state index is 0.0102. The summed E-state index contributed by atoms with van der Waals surface area (Å²) >= 11 is 6.07. The normalized spacial score (nSPS) is 12.7. The molecule has 3 rings (SSSR count). The molecule has 7 heteroatoms. The Labute approximate surface area is 156 Å². The van der Waals surface area contributed by atoms with Crippen LogP contribution >= 0.6 is 11.6 Å². The predicted molar refractivity (Wildman–Crippen MR) is 94.7 cm³/mol. The van der Waals surface area contributed by atoms with E-state index in [9.17, 15) is 9.59 Å². The van der Waals surface area contributed by atoms with Crippen molar-refractivity contribution >= 4 is 23.5 Å². The molecule has 0 bridgehead atoms. The van der Waals surface area contributed by atoms with Gasteiger partial charge in [0.1, 0.15) is 18.9 Å². The van der Waals surface area contributed by atoms with Gasteiger partial charge in [0.05, 0.1) is 13.0 Å². The molecule has 0 aliphatic carbocycles. The van der Waals surface area contributed by atoms with Crippen molar-refractivity contribution in [3.63, 3.8) is 0 Å². The highest BCUT2D eigenvalue weighted by Crippen LogP contribution is 2.32. The van der Waals surface area contributed by atoms with Crippen molar-refractivity contribution < 1.29 is 23.8 Å². The molecule has 2 aromatic rings. The first kappa shape index (κ1) is 18.2. The second-order valence-electron chi connectivity index (χ2n) is 5.76. The summed E-state index contributed by atoms with van der Waals surface area (Å²) < 4.78 is 15.9. The maximum absolute atomic E-state index is 11.9. The molecule has 136 valence electrons. The van der Waals surface area contributed by atoms with Crippen LogP contribution in [0.2, 0.25) is 5.02 Å². The van der Waals surface area contributed by atoms with Gasteiger partial charge in [-0.05, 0) is 17.7 Å². The third-order valence-corrected chi connectivity index (χ3v) is 4.00. The number of nitrogens with one attached hydrogen (secondary N) is 1. The zero-order valence-electron chi connectivity index (χ0n) is 14.0. The smallest absolute Gasteiger partial charge is 0.325 e.